The Kier molecular flexibility index (Phi) is 8.25. The van der Waals surface area contributed by atoms with E-state index in [2.05, 4.69) is 20.2 Å². The highest BCUT2D eigenvalue weighted by Crippen LogP contribution is 2.42. The molecule has 38 heavy (non-hydrogen) atoms. The molecular weight excluding hydrogens is 488 g/mol. The molecule has 0 bridgehead atoms. The second-order valence-corrected chi connectivity index (χ2v) is 11.8. The molecule has 2 aromatic heterocycles. The molecular formula is C27H44N6O5. The number of nitrogens with zero attached hydrogens (tertiary/aromatic N) is 4. The van der Waals surface area contributed by atoms with E-state index in [1.54, 1.807) is 0 Å². The molecule has 6 atom stereocenters. The monoisotopic (exact) mass is 532 g/mol. The average molecular weight is 533 g/mol. The van der Waals surface area contributed by atoms with Gasteiger partial charge in [0.2, 0.25) is 0 Å². The normalized spacial score (nSPS) is 29.7. The van der Waals surface area contributed by atoms with E-state index >= 15 is 0 Å². The number of hydrogen-bond acceptors (Lipinski definition) is 10. The van der Waals surface area contributed by atoms with Gasteiger partial charge in [0.05, 0.1) is 5.39 Å². The van der Waals surface area contributed by atoms with Crippen LogP contribution in [0.25, 0.3) is 11.0 Å². The summed E-state index contributed by atoms with van der Waals surface area (Å²) in [5.41, 5.74) is 6.90. The Hall–Kier alpha value is -1.86. The summed E-state index contributed by atoms with van der Waals surface area (Å²) in [6.07, 6.45) is 3.47. The zero-order chi connectivity index (χ0) is 27.0. The van der Waals surface area contributed by atoms with Crippen LogP contribution in [0.3, 0.4) is 0 Å². The Morgan fingerprint density at radius 1 is 1.08 bits per heavy atom. The lowest BCUT2D eigenvalue weighted by Gasteiger charge is -2.43. The van der Waals surface area contributed by atoms with Crippen LogP contribution in [0.5, 0.6) is 0 Å². The number of aliphatic hydroxyl groups is 2. The fourth-order valence-corrected chi connectivity index (χ4v) is 6.18. The maximum Gasteiger partial charge on any atom is 0.164 e. The van der Waals surface area contributed by atoms with E-state index in [1.165, 1.54) is 12.7 Å². The first-order chi connectivity index (χ1) is 18.2. The number of aliphatic hydroxyl groups excluding tert-OH is 2. The van der Waals surface area contributed by atoms with Gasteiger partial charge >= 0.3 is 0 Å². The average Bonchev–Trinajstić information content (AvgIpc) is 3.57. The number of nitrogens with one attached hydrogen (secondary N) is 1. The summed E-state index contributed by atoms with van der Waals surface area (Å²) in [7, 11) is 0. The second-order valence-electron chi connectivity index (χ2n) is 11.8. The van der Waals surface area contributed by atoms with Crippen molar-refractivity contribution in [1.29, 1.82) is 0 Å². The quantitative estimate of drug-likeness (QED) is 0.354. The van der Waals surface area contributed by atoms with Gasteiger partial charge in [-0.3, -0.25) is 4.90 Å². The number of ether oxygens (including phenoxy) is 3. The third-order valence-corrected chi connectivity index (χ3v) is 8.51. The molecule has 2 aromatic rings. The zero-order valence-electron chi connectivity index (χ0n) is 23.0. The molecule has 5 N–H and O–H groups in total. The molecule has 3 aliphatic rings. The van der Waals surface area contributed by atoms with Gasteiger partial charge in [-0.25, -0.2) is 9.97 Å². The topological polar surface area (TPSA) is 140 Å². The maximum atomic E-state index is 10.8. The number of piperidine rings is 1. The summed E-state index contributed by atoms with van der Waals surface area (Å²) in [5, 5.41) is 25.9. The van der Waals surface area contributed by atoms with E-state index in [0.29, 0.717) is 18.0 Å². The number of anilines is 1. The van der Waals surface area contributed by atoms with Crippen molar-refractivity contribution in [2.75, 3.05) is 31.9 Å². The number of nitrogens with two attached hydrogens (primary N) is 1. The molecule has 2 unspecified atom stereocenters. The molecule has 1 spiro atoms. The SMILES string of the molecule is CC(C)C(O)O[C@@H]1[C@H](OC(O)C(C)C)[C@@H](CN2CCCC23CCNCC3)O[C@H]1n1ccc2c(N)ncnc21. The van der Waals surface area contributed by atoms with Gasteiger partial charge in [0, 0.05) is 30.1 Å². The van der Waals surface area contributed by atoms with Crippen LogP contribution in [-0.2, 0) is 14.2 Å². The third-order valence-electron chi connectivity index (χ3n) is 8.51. The lowest BCUT2D eigenvalue weighted by molar-refractivity contribution is -0.230. The van der Waals surface area contributed by atoms with Crippen LogP contribution >= 0.6 is 0 Å². The molecule has 0 radical (unpaired) electrons. The molecule has 3 fully saturated rings. The molecule has 0 amide bonds. The van der Waals surface area contributed by atoms with Crippen molar-refractivity contribution in [1.82, 2.24) is 24.8 Å². The van der Waals surface area contributed by atoms with Crippen molar-refractivity contribution in [2.24, 2.45) is 11.8 Å². The van der Waals surface area contributed by atoms with Crippen molar-refractivity contribution >= 4 is 16.9 Å². The van der Waals surface area contributed by atoms with Crippen LogP contribution in [0, 0.1) is 11.8 Å². The van der Waals surface area contributed by atoms with Gasteiger partial charge < -0.3 is 40.0 Å². The van der Waals surface area contributed by atoms with Crippen LogP contribution in [0.2, 0.25) is 0 Å². The highest BCUT2D eigenvalue weighted by molar-refractivity contribution is 5.86. The van der Waals surface area contributed by atoms with E-state index in [1.807, 2.05) is 44.5 Å². The molecule has 5 rings (SSSR count). The molecule has 0 aliphatic carbocycles. The van der Waals surface area contributed by atoms with Crippen LogP contribution in [0.15, 0.2) is 18.6 Å². The summed E-state index contributed by atoms with van der Waals surface area (Å²) in [4.78, 5) is 11.1. The highest BCUT2D eigenvalue weighted by Gasteiger charge is 2.52. The van der Waals surface area contributed by atoms with Gasteiger partial charge in [-0.1, -0.05) is 27.7 Å². The van der Waals surface area contributed by atoms with E-state index in [0.717, 1.165) is 44.3 Å². The summed E-state index contributed by atoms with van der Waals surface area (Å²) in [5.74, 6) is 0.130. The van der Waals surface area contributed by atoms with Gasteiger partial charge in [0.1, 0.15) is 36.1 Å². The van der Waals surface area contributed by atoms with Crippen LogP contribution in [0.1, 0.15) is 59.6 Å². The highest BCUT2D eigenvalue weighted by atomic mass is 16.7. The first-order valence-electron chi connectivity index (χ1n) is 14.1. The Balaban J connectivity index is 1.51. The smallest absolute Gasteiger partial charge is 0.164 e. The van der Waals surface area contributed by atoms with Gasteiger partial charge in [-0.2, -0.15) is 0 Å². The lowest BCUT2D eigenvalue weighted by Crippen LogP contribution is -2.54. The van der Waals surface area contributed by atoms with Crippen molar-refractivity contribution in [3.63, 3.8) is 0 Å². The van der Waals surface area contributed by atoms with Crippen LogP contribution < -0.4 is 11.1 Å². The number of rotatable bonds is 9. The van der Waals surface area contributed by atoms with Crippen molar-refractivity contribution in [2.45, 2.75) is 96.0 Å². The molecule has 0 saturated carbocycles. The second kappa shape index (κ2) is 11.3. The maximum absolute atomic E-state index is 10.8. The van der Waals surface area contributed by atoms with E-state index < -0.39 is 31.0 Å². The predicted octanol–water partition coefficient (Wildman–Crippen LogP) is 1.85. The molecule has 11 nitrogen and oxygen atoms in total. The van der Waals surface area contributed by atoms with Crippen LogP contribution in [-0.4, -0.2) is 92.3 Å². The molecule has 3 aliphatic heterocycles. The Bertz CT molecular complexity index is 1070. The van der Waals surface area contributed by atoms with E-state index in [4.69, 9.17) is 19.9 Å². The minimum atomic E-state index is -1.03. The third kappa shape index (κ3) is 5.30. The molecule has 11 heteroatoms. The minimum absolute atomic E-state index is 0.118. The van der Waals surface area contributed by atoms with E-state index in [9.17, 15) is 10.2 Å². The molecule has 212 valence electrons. The fourth-order valence-electron chi connectivity index (χ4n) is 6.18. The number of hydrogen-bond donors (Lipinski definition) is 4. The first kappa shape index (κ1) is 27.7. The summed E-state index contributed by atoms with van der Waals surface area (Å²) < 4.78 is 21.2. The number of likely N-dealkylation sites (tertiary alicyclic amines) is 1. The summed E-state index contributed by atoms with van der Waals surface area (Å²) >= 11 is 0. The van der Waals surface area contributed by atoms with Crippen LogP contribution in [0.4, 0.5) is 5.82 Å². The Morgan fingerprint density at radius 2 is 1.76 bits per heavy atom. The predicted molar refractivity (Wildman–Crippen MR) is 143 cm³/mol. The van der Waals surface area contributed by atoms with Gasteiger partial charge in [-0.05, 0) is 51.4 Å². The van der Waals surface area contributed by atoms with Gasteiger partial charge in [0.15, 0.2) is 18.8 Å². The van der Waals surface area contributed by atoms with Crippen molar-refractivity contribution in [3.05, 3.63) is 18.6 Å². The number of fused-ring (bicyclic) bond motifs is 1. The van der Waals surface area contributed by atoms with Gasteiger partial charge in [0.25, 0.3) is 0 Å². The van der Waals surface area contributed by atoms with Gasteiger partial charge in [-0.15, -0.1) is 0 Å². The standard InChI is InChI=1S/C27H44N6O5/c1-16(2)25(34)37-20-19(14-32-12-5-7-27(32)8-10-29-11-9-27)36-24(21(20)38-26(35)17(3)4)33-13-6-18-22(28)30-15-31-23(18)33/h6,13,15-17,19-21,24-26,29,34-35H,5,7-12,14H2,1-4H3,(H2,28,30,31)/t19-,20-,21-,24-,25?,26?/m1/s1. The zero-order valence-corrected chi connectivity index (χ0v) is 23.0. The van der Waals surface area contributed by atoms with Crippen molar-refractivity contribution in [3.8, 4) is 0 Å². The first-order valence-corrected chi connectivity index (χ1v) is 14.1. The molecule has 3 saturated heterocycles. The largest absolute Gasteiger partial charge is 0.383 e. The number of aromatic nitrogens is 3. The fraction of sp³-hybridized carbons (Fsp3) is 0.778. The Morgan fingerprint density at radius 3 is 2.45 bits per heavy atom. The Labute approximate surface area is 224 Å². The van der Waals surface area contributed by atoms with E-state index in [-0.39, 0.29) is 23.5 Å². The molecule has 0 aromatic carbocycles. The molecule has 5 heterocycles. The summed E-state index contributed by atoms with van der Waals surface area (Å²) in [6.45, 7) is 11.3. The van der Waals surface area contributed by atoms with Crippen molar-refractivity contribution < 1.29 is 24.4 Å². The number of nitrogen functional groups attached to an aromatic ring is 1. The lowest BCUT2D eigenvalue weighted by atomic mass is 9.85. The minimum Gasteiger partial charge on any atom is -0.383 e. The summed E-state index contributed by atoms with van der Waals surface area (Å²) in [6, 6.07) is 1.86.